The topological polar surface area (TPSA) is 32.3 Å². The van der Waals surface area contributed by atoms with Gasteiger partial charge in [0.1, 0.15) is 5.75 Å². The Morgan fingerprint density at radius 2 is 2.00 bits per heavy atom. The molecule has 0 heterocycles. The molecule has 1 aromatic rings. The lowest BCUT2D eigenvalue weighted by Crippen LogP contribution is -2.17. The Kier molecular flexibility index (Phi) is 3.70. The quantitative estimate of drug-likeness (QED) is 0.760. The summed E-state index contributed by atoms with van der Waals surface area (Å²) in [6, 6.07) is 5.81. The molecule has 2 N–H and O–H groups in total. The van der Waals surface area contributed by atoms with Crippen molar-refractivity contribution in [3.05, 3.63) is 23.8 Å². The molecule has 1 saturated carbocycles. The number of benzene rings is 1. The molecule has 1 aliphatic carbocycles. The van der Waals surface area contributed by atoms with Crippen molar-refractivity contribution >= 4 is 5.69 Å². The fourth-order valence-electron chi connectivity index (χ4n) is 2.44. The number of anilines is 1. The summed E-state index contributed by atoms with van der Waals surface area (Å²) < 4.78 is 0. The lowest BCUT2D eigenvalue weighted by Gasteiger charge is -2.22. The van der Waals surface area contributed by atoms with Crippen LogP contribution >= 0.6 is 0 Å². The molecule has 0 aromatic heterocycles. The molecule has 0 atom stereocenters. The summed E-state index contributed by atoms with van der Waals surface area (Å²) in [7, 11) is 0. The van der Waals surface area contributed by atoms with Gasteiger partial charge in [0, 0.05) is 6.54 Å². The van der Waals surface area contributed by atoms with Crippen molar-refractivity contribution in [3.63, 3.8) is 0 Å². The molecule has 0 amide bonds. The second-order valence-corrected chi connectivity index (χ2v) is 4.91. The third-order valence-corrected chi connectivity index (χ3v) is 3.46. The molecular weight excluding hydrogens is 198 g/mol. The number of hydrogen-bond donors (Lipinski definition) is 2. The maximum absolute atomic E-state index is 9.76. The number of nitrogens with one attached hydrogen (secondary N) is 1. The Labute approximate surface area is 97.7 Å². The molecule has 1 aromatic carbocycles. The smallest absolute Gasteiger partial charge is 0.138 e. The zero-order chi connectivity index (χ0) is 11.4. The normalized spacial score (nSPS) is 17.3. The van der Waals surface area contributed by atoms with Crippen molar-refractivity contribution in [2.45, 2.75) is 39.0 Å². The summed E-state index contributed by atoms with van der Waals surface area (Å²) in [6.45, 7) is 2.99. The van der Waals surface area contributed by atoms with Gasteiger partial charge in [-0.2, -0.15) is 0 Å². The number of rotatable bonds is 3. The predicted molar refractivity (Wildman–Crippen MR) is 67.9 cm³/mol. The van der Waals surface area contributed by atoms with Gasteiger partial charge in [-0.25, -0.2) is 0 Å². The minimum absolute atomic E-state index is 0.371. The van der Waals surface area contributed by atoms with Gasteiger partial charge >= 0.3 is 0 Å². The second kappa shape index (κ2) is 5.24. The molecule has 0 unspecified atom stereocenters. The summed E-state index contributed by atoms with van der Waals surface area (Å²) in [5.41, 5.74) is 1.97. The van der Waals surface area contributed by atoms with E-state index in [2.05, 4.69) is 5.32 Å². The van der Waals surface area contributed by atoms with Gasteiger partial charge in [0.15, 0.2) is 0 Å². The number of hydrogen-bond acceptors (Lipinski definition) is 2. The molecular formula is C14H21NO. The van der Waals surface area contributed by atoms with Crippen LogP contribution in [0.2, 0.25) is 0 Å². The zero-order valence-electron chi connectivity index (χ0n) is 10.00. The van der Waals surface area contributed by atoms with E-state index in [1.54, 1.807) is 0 Å². The largest absolute Gasteiger partial charge is 0.506 e. The Hall–Kier alpha value is -1.18. The van der Waals surface area contributed by atoms with Gasteiger partial charge < -0.3 is 10.4 Å². The first-order valence-corrected chi connectivity index (χ1v) is 6.29. The summed E-state index contributed by atoms with van der Waals surface area (Å²) in [4.78, 5) is 0. The third kappa shape index (κ3) is 2.91. The van der Waals surface area contributed by atoms with Crippen molar-refractivity contribution in [2.24, 2.45) is 5.92 Å². The molecule has 0 spiro atoms. The van der Waals surface area contributed by atoms with E-state index < -0.39 is 0 Å². The molecule has 2 rings (SSSR count). The third-order valence-electron chi connectivity index (χ3n) is 3.46. The van der Waals surface area contributed by atoms with Crippen LogP contribution in [0.25, 0.3) is 0 Å². The van der Waals surface area contributed by atoms with Gasteiger partial charge in [0.05, 0.1) is 5.69 Å². The van der Waals surface area contributed by atoms with Crippen LogP contribution in [0, 0.1) is 12.8 Å². The van der Waals surface area contributed by atoms with E-state index in [0.717, 1.165) is 23.7 Å². The van der Waals surface area contributed by atoms with Crippen LogP contribution in [0.3, 0.4) is 0 Å². The lowest BCUT2D eigenvalue weighted by atomic mass is 9.89. The predicted octanol–water partition coefficient (Wildman–Crippen LogP) is 3.69. The van der Waals surface area contributed by atoms with Gasteiger partial charge in [-0.3, -0.25) is 0 Å². The molecule has 0 saturated heterocycles. The highest BCUT2D eigenvalue weighted by atomic mass is 16.3. The summed E-state index contributed by atoms with van der Waals surface area (Å²) in [6.07, 6.45) is 6.80. The molecule has 0 bridgehead atoms. The fraction of sp³-hybridized carbons (Fsp3) is 0.571. The maximum atomic E-state index is 9.76. The van der Waals surface area contributed by atoms with Crippen LogP contribution in [-0.2, 0) is 0 Å². The Balaban J connectivity index is 1.88. The highest BCUT2D eigenvalue weighted by Gasteiger charge is 2.13. The van der Waals surface area contributed by atoms with Crippen molar-refractivity contribution in [1.29, 1.82) is 0 Å². The summed E-state index contributed by atoms with van der Waals surface area (Å²) >= 11 is 0. The maximum Gasteiger partial charge on any atom is 0.138 e. The van der Waals surface area contributed by atoms with E-state index in [-0.39, 0.29) is 0 Å². The molecule has 0 radical (unpaired) electrons. The van der Waals surface area contributed by atoms with E-state index in [1.165, 1.54) is 32.1 Å². The second-order valence-electron chi connectivity index (χ2n) is 4.91. The van der Waals surface area contributed by atoms with Crippen LogP contribution in [0.4, 0.5) is 5.69 Å². The van der Waals surface area contributed by atoms with Crippen molar-refractivity contribution in [1.82, 2.24) is 0 Å². The van der Waals surface area contributed by atoms with Gasteiger partial charge in [0.2, 0.25) is 0 Å². The van der Waals surface area contributed by atoms with E-state index in [9.17, 15) is 5.11 Å². The molecule has 16 heavy (non-hydrogen) atoms. The summed E-state index contributed by atoms with van der Waals surface area (Å²) in [5, 5.41) is 13.1. The van der Waals surface area contributed by atoms with Gasteiger partial charge in [0.25, 0.3) is 0 Å². The lowest BCUT2D eigenvalue weighted by molar-refractivity contribution is 0.373. The Morgan fingerprint density at radius 1 is 1.25 bits per heavy atom. The molecule has 1 aliphatic rings. The number of aromatic hydroxyl groups is 1. The zero-order valence-corrected chi connectivity index (χ0v) is 10.00. The average molecular weight is 219 g/mol. The Morgan fingerprint density at radius 3 is 2.69 bits per heavy atom. The van der Waals surface area contributed by atoms with Gasteiger partial charge in [-0.1, -0.05) is 25.3 Å². The molecule has 2 heteroatoms. The van der Waals surface area contributed by atoms with E-state index >= 15 is 0 Å². The van der Waals surface area contributed by atoms with Crippen LogP contribution in [-0.4, -0.2) is 11.7 Å². The standard InChI is InChI=1S/C14H21NO/c1-11-7-8-13(14(16)9-11)15-10-12-5-3-2-4-6-12/h7-9,12,15-16H,2-6,10H2,1H3. The van der Waals surface area contributed by atoms with Crippen LogP contribution < -0.4 is 5.32 Å². The van der Waals surface area contributed by atoms with Crippen molar-refractivity contribution in [2.75, 3.05) is 11.9 Å². The van der Waals surface area contributed by atoms with E-state index in [1.807, 2.05) is 25.1 Å². The first-order chi connectivity index (χ1) is 7.75. The highest BCUT2D eigenvalue weighted by molar-refractivity contribution is 5.56. The fourth-order valence-corrected chi connectivity index (χ4v) is 2.44. The molecule has 0 aliphatic heterocycles. The first-order valence-electron chi connectivity index (χ1n) is 6.29. The monoisotopic (exact) mass is 219 g/mol. The number of phenolic OH excluding ortho intramolecular Hbond substituents is 1. The first kappa shape index (κ1) is 11.3. The van der Waals surface area contributed by atoms with Gasteiger partial charge in [-0.15, -0.1) is 0 Å². The van der Waals surface area contributed by atoms with E-state index in [4.69, 9.17) is 0 Å². The van der Waals surface area contributed by atoms with Crippen LogP contribution in [0.5, 0.6) is 5.75 Å². The molecule has 88 valence electrons. The van der Waals surface area contributed by atoms with Crippen molar-refractivity contribution in [3.8, 4) is 5.75 Å². The van der Waals surface area contributed by atoms with Gasteiger partial charge in [-0.05, 0) is 43.4 Å². The SMILES string of the molecule is Cc1ccc(NCC2CCCCC2)c(O)c1. The number of aryl methyl sites for hydroxylation is 1. The minimum Gasteiger partial charge on any atom is -0.506 e. The molecule has 1 fully saturated rings. The van der Waals surface area contributed by atoms with Crippen LogP contribution in [0.15, 0.2) is 18.2 Å². The Bertz CT molecular complexity index is 343. The summed E-state index contributed by atoms with van der Waals surface area (Å²) in [5.74, 6) is 1.16. The minimum atomic E-state index is 0.371. The molecule has 2 nitrogen and oxygen atoms in total. The average Bonchev–Trinajstić information content (AvgIpc) is 2.29. The van der Waals surface area contributed by atoms with Crippen LogP contribution in [0.1, 0.15) is 37.7 Å². The van der Waals surface area contributed by atoms with E-state index in [0.29, 0.717) is 5.75 Å². The highest BCUT2D eigenvalue weighted by Crippen LogP contribution is 2.27. The number of phenols is 1. The van der Waals surface area contributed by atoms with Crippen molar-refractivity contribution < 1.29 is 5.11 Å².